The molecular weight excluding hydrogens is 362 g/mol. The van der Waals surface area contributed by atoms with Crippen LogP contribution in [0.4, 0.5) is 0 Å². The summed E-state index contributed by atoms with van der Waals surface area (Å²) >= 11 is 0. The van der Waals surface area contributed by atoms with E-state index in [9.17, 15) is 8.42 Å². The van der Waals surface area contributed by atoms with E-state index in [1.54, 1.807) is 24.3 Å². The number of benzene rings is 2. The normalized spacial score (nSPS) is 12.0. The van der Waals surface area contributed by atoms with E-state index in [1.807, 2.05) is 32.0 Å². The third kappa shape index (κ3) is 5.71. The predicted octanol–water partition coefficient (Wildman–Crippen LogP) is 4.26. The van der Waals surface area contributed by atoms with Crippen LogP contribution in [0.15, 0.2) is 47.4 Å². The van der Waals surface area contributed by atoms with E-state index in [-0.39, 0.29) is 16.9 Å². The molecule has 0 unspecified atom stereocenters. The first-order valence-corrected chi connectivity index (χ1v) is 10.6. The highest BCUT2D eigenvalue weighted by Gasteiger charge is 2.17. The van der Waals surface area contributed by atoms with Crippen LogP contribution in [-0.2, 0) is 22.0 Å². The molecule has 0 aliphatic rings. The second-order valence-corrected chi connectivity index (χ2v) is 9.01. The van der Waals surface area contributed by atoms with Crippen molar-refractivity contribution in [3.63, 3.8) is 0 Å². The standard InChI is InChI=1S/C21H29NO4S/c1-6-25-19-13-8-16(14-20(19)26-7-2)15-22-27(23,24)18-11-9-17(10-12-18)21(3,4)5/h8-14,22H,6-7,15H2,1-5H3. The lowest BCUT2D eigenvalue weighted by atomic mass is 9.87. The third-order valence-electron chi connectivity index (χ3n) is 4.10. The maximum Gasteiger partial charge on any atom is 0.240 e. The van der Waals surface area contributed by atoms with Crippen LogP contribution in [0.1, 0.15) is 45.7 Å². The van der Waals surface area contributed by atoms with Gasteiger partial charge in [-0.15, -0.1) is 0 Å². The van der Waals surface area contributed by atoms with Crippen molar-refractivity contribution in [2.75, 3.05) is 13.2 Å². The molecule has 0 radical (unpaired) electrons. The Morgan fingerprint density at radius 3 is 2.04 bits per heavy atom. The van der Waals surface area contributed by atoms with Gasteiger partial charge >= 0.3 is 0 Å². The lowest BCUT2D eigenvalue weighted by Crippen LogP contribution is -2.23. The van der Waals surface area contributed by atoms with Gasteiger partial charge in [-0.3, -0.25) is 0 Å². The maximum absolute atomic E-state index is 12.6. The Balaban J connectivity index is 2.13. The smallest absolute Gasteiger partial charge is 0.240 e. The second kappa shape index (κ2) is 8.76. The number of sulfonamides is 1. The van der Waals surface area contributed by atoms with Gasteiger partial charge in [0.2, 0.25) is 10.0 Å². The van der Waals surface area contributed by atoms with Crippen molar-refractivity contribution in [1.82, 2.24) is 4.72 Å². The lowest BCUT2D eigenvalue weighted by Gasteiger charge is -2.19. The first-order valence-electron chi connectivity index (χ1n) is 9.16. The van der Waals surface area contributed by atoms with Gasteiger partial charge in [0.05, 0.1) is 18.1 Å². The molecule has 0 aliphatic carbocycles. The number of hydrogen-bond donors (Lipinski definition) is 1. The average Bonchev–Trinajstić information content (AvgIpc) is 2.62. The van der Waals surface area contributed by atoms with Crippen molar-refractivity contribution >= 4 is 10.0 Å². The summed E-state index contributed by atoms with van der Waals surface area (Å²) in [5, 5.41) is 0. The van der Waals surface area contributed by atoms with Crippen LogP contribution >= 0.6 is 0 Å². The number of rotatable bonds is 8. The molecule has 27 heavy (non-hydrogen) atoms. The molecule has 0 aliphatic heterocycles. The molecule has 5 nitrogen and oxygen atoms in total. The van der Waals surface area contributed by atoms with Crippen molar-refractivity contribution in [2.45, 2.75) is 51.5 Å². The Bertz CT molecular complexity index is 853. The van der Waals surface area contributed by atoms with E-state index < -0.39 is 10.0 Å². The van der Waals surface area contributed by atoms with Gasteiger partial charge in [-0.1, -0.05) is 39.0 Å². The second-order valence-electron chi connectivity index (χ2n) is 7.25. The Kier molecular flexibility index (Phi) is 6.89. The SMILES string of the molecule is CCOc1ccc(CNS(=O)(=O)c2ccc(C(C)(C)C)cc2)cc1OCC. The monoisotopic (exact) mass is 391 g/mol. The van der Waals surface area contributed by atoms with Gasteiger partial charge in [-0.25, -0.2) is 13.1 Å². The van der Waals surface area contributed by atoms with Crippen LogP contribution < -0.4 is 14.2 Å². The largest absolute Gasteiger partial charge is 0.490 e. The van der Waals surface area contributed by atoms with Crippen molar-refractivity contribution in [2.24, 2.45) is 0 Å². The van der Waals surface area contributed by atoms with E-state index in [2.05, 4.69) is 25.5 Å². The third-order valence-corrected chi connectivity index (χ3v) is 5.52. The van der Waals surface area contributed by atoms with Gasteiger partial charge in [-0.2, -0.15) is 0 Å². The van der Waals surface area contributed by atoms with Gasteiger partial charge < -0.3 is 9.47 Å². The molecule has 0 bridgehead atoms. The van der Waals surface area contributed by atoms with E-state index in [1.165, 1.54) is 0 Å². The highest BCUT2D eigenvalue weighted by Crippen LogP contribution is 2.29. The van der Waals surface area contributed by atoms with Crippen LogP contribution in [-0.4, -0.2) is 21.6 Å². The Morgan fingerprint density at radius 2 is 1.48 bits per heavy atom. The molecular formula is C21H29NO4S. The van der Waals surface area contributed by atoms with E-state index in [0.717, 1.165) is 11.1 Å². The minimum absolute atomic E-state index is 0.0201. The maximum atomic E-state index is 12.6. The van der Waals surface area contributed by atoms with Crippen molar-refractivity contribution in [3.8, 4) is 11.5 Å². The minimum atomic E-state index is -3.59. The zero-order valence-corrected chi connectivity index (χ0v) is 17.5. The van der Waals surface area contributed by atoms with Crippen molar-refractivity contribution in [1.29, 1.82) is 0 Å². The summed E-state index contributed by atoms with van der Waals surface area (Å²) in [6.07, 6.45) is 0. The highest BCUT2D eigenvalue weighted by molar-refractivity contribution is 7.89. The molecule has 0 atom stereocenters. The highest BCUT2D eigenvalue weighted by atomic mass is 32.2. The summed E-state index contributed by atoms with van der Waals surface area (Å²) in [5.74, 6) is 1.27. The van der Waals surface area contributed by atoms with Crippen LogP contribution in [0.3, 0.4) is 0 Å². The molecule has 0 aromatic heterocycles. The van der Waals surface area contributed by atoms with Crippen molar-refractivity contribution in [3.05, 3.63) is 53.6 Å². The molecule has 2 aromatic rings. The molecule has 6 heteroatoms. The van der Waals surface area contributed by atoms with Crippen molar-refractivity contribution < 1.29 is 17.9 Å². The minimum Gasteiger partial charge on any atom is -0.490 e. The zero-order valence-electron chi connectivity index (χ0n) is 16.7. The summed E-state index contributed by atoms with van der Waals surface area (Å²) in [6.45, 7) is 11.3. The molecule has 0 fully saturated rings. The van der Waals surface area contributed by atoms with Gasteiger partial charge in [0.15, 0.2) is 11.5 Å². The van der Waals surface area contributed by atoms with E-state index >= 15 is 0 Å². The van der Waals surface area contributed by atoms with E-state index in [0.29, 0.717) is 24.7 Å². The molecule has 0 heterocycles. The molecule has 2 rings (SSSR count). The van der Waals surface area contributed by atoms with Gasteiger partial charge in [0.1, 0.15) is 0 Å². The summed E-state index contributed by atoms with van der Waals surface area (Å²) in [5.41, 5.74) is 1.87. The van der Waals surface area contributed by atoms with Crippen LogP contribution in [0, 0.1) is 0 Å². The predicted molar refractivity (Wildman–Crippen MR) is 108 cm³/mol. The Hall–Kier alpha value is -2.05. The van der Waals surface area contributed by atoms with Crippen LogP contribution in [0.25, 0.3) is 0 Å². The fourth-order valence-electron chi connectivity index (χ4n) is 2.60. The zero-order chi connectivity index (χ0) is 20.1. The molecule has 148 valence electrons. The molecule has 0 spiro atoms. The average molecular weight is 392 g/mol. The van der Waals surface area contributed by atoms with Crippen LogP contribution in [0.5, 0.6) is 11.5 Å². The van der Waals surface area contributed by atoms with Gasteiger partial charge in [-0.05, 0) is 54.7 Å². The quantitative estimate of drug-likeness (QED) is 0.730. The topological polar surface area (TPSA) is 64.6 Å². The summed E-state index contributed by atoms with van der Waals surface area (Å²) in [7, 11) is -3.59. The summed E-state index contributed by atoms with van der Waals surface area (Å²) in [6, 6.07) is 12.4. The summed E-state index contributed by atoms with van der Waals surface area (Å²) < 4.78 is 38.9. The molecule has 0 saturated heterocycles. The molecule has 1 N–H and O–H groups in total. The summed E-state index contributed by atoms with van der Waals surface area (Å²) in [4.78, 5) is 0.256. The van der Waals surface area contributed by atoms with Crippen LogP contribution in [0.2, 0.25) is 0 Å². The molecule has 2 aromatic carbocycles. The number of nitrogens with one attached hydrogen (secondary N) is 1. The molecule has 0 amide bonds. The van der Waals surface area contributed by atoms with E-state index in [4.69, 9.17) is 9.47 Å². The van der Waals surface area contributed by atoms with Gasteiger partial charge in [0, 0.05) is 6.54 Å². The Labute approximate surface area is 162 Å². The first-order chi connectivity index (χ1) is 12.7. The Morgan fingerprint density at radius 1 is 0.889 bits per heavy atom. The van der Waals surface area contributed by atoms with Gasteiger partial charge in [0.25, 0.3) is 0 Å². The fraction of sp³-hybridized carbons (Fsp3) is 0.429. The fourth-order valence-corrected chi connectivity index (χ4v) is 3.62. The molecule has 0 saturated carbocycles. The number of ether oxygens (including phenoxy) is 2. The first kappa shape index (κ1) is 21.3. The lowest BCUT2D eigenvalue weighted by molar-refractivity contribution is 0.287. The number of hydrogen-bond acceptors (Lipinski definition) is 4.